The standard InChI is InChI=1S/C19H22N6O5.C2HF3O2/c1-11-9-25(19(28)22-17(11)26)16-8-14(23-24-21)15(30-16)10-29-18(27)13(20)7-12-5-3-2-4-6-12;3-2(4,5)1(6)7/h2-6,9,13-16H,7-8,10,20H2,1H3,(H,22,26,28);(H,6,7)/t13?,14-,15+,16+;/m0./s1. The van der Waals surface area contributed by atoms with Gasteiger partial charge in [0.1, 0.15) is 25.0 Å². The number of aryl methyl sites for hydroxylation is 1. The first kappa shape index (κ1) is 29.1. The fourth-order valence-corrected chi connectivity index (χ4v) is 3.25. The number of aliphatic carboxylic acids is 1. The van der Waals surface area contributed by atoms with Gasteiger partial charge < -0.3 is 20.3 Å². The predicted octanol–water partition coefficient (Wildman–Crippen LogP) is 1.56. The third-order valence-corrected chi connectivity index (χ3v) is 5.09. The van der Waals surface area contributed by atoms with Gasteiger partial charge in [0.25, 0.3) is 5.56 Å². The predicted molar refractivity (Wildman–Crippen MR) is 120 cm³/mol. The van der Waals surface area contributed by atoms with Crippen LogP contribution in [0.1, 0.15) is 23.8 Å². The van der Waals surface area contributed by atoms with Crippen LogP contribution in [-0.2, 0) is 25.5 Å². The zero-order valence-corrected chi connectivity index (χ0v) is 19.3. The second-order valence-corrected chi connectivity index (χ2v) is 7.84. The van der Waals surface area contributed by atoms with Gasteiger partial charge >= 0.3 is 23.8 Å². The smallest absolute Gasteiger partial charge is 0.475 e. The lowest BCUT2D eigenvalue weighted by Gasteiger charge is -2.18. The molecule has 1 aliphatic heterocycles. The van der Waals surface area contributed by atoms with Gasteiger partial charge in [-0.1, -0.05) is 35.4 Å². The number of azide groups is 1. The highest BCUT2D eigenvalue weighted by Gasteiger charge is 2.38. The molecule has 0 aliphatic carbocycles. The molecule has 1 saturated heterocycles. The molecule has 0 spiro atoms. The molecule has 200 valence electrons. The summed E-state index contributed by atoms with van der Waals surface area (Å²) in [6.45, 7) is 1.38. The fraction of sp³-hybridized carbons (Fsp3) is 0.429. The maximum Gasteiger partial charge on any atom is 0.490 e. The molecule has 1 aromatic carbocycles. The molecule has 4 atom stereocenters. The van der Waals surface area contributed by atoms with Crippen LogP contribution >= 0.6 is 0 Å². The van der Waals surface area contributed by atoms with E-state index in [2.05, 4.69) is 15.0 Å². The fourth-order valence-electron chi connectivity index (χ4n) is 3.25. The van der Waals surface area contributed by atoms with Crippen molar-refractivity contribution in [1.29, 1.82) is 0 Å². The Balaban J connectivity index is 0.000000604. The number of carboxylic acids is 1. The van der Waals surface area contributed by atoms with Crippen molar-refractivity contribution in [1.82, 2.24) is 9.55 Å². The average Bonchev–Trinajstić information content (AvgIpc) is 3.23. The molecule has 2 heterocycles. The summed E-state index contributed by atoms with van der Waals surface area (Å²) in [6, 6.07) is 7.78. The Morgan fingerprint density at radius 1 is 1.35 bits per heavy atom. The second kappa shape index (κ2) is 12.7. The van der Waals surface area contributed by atoms with Gasteiger partial charge in [0.05, 0.1) is 6.04 Å². The van der Waals surface area contributed by atoms with Crippen molar-refractivity contribution in [3.8, 4) is 0 Å². The number of carbonyl (C=O) groups is 2. The van der Waals surface area contributed by atoms with Crippen molar-refractivity contribution in [2.45, 2.75) is 50.4 Å². The molecule has 1 aliphatic rings. The highest BCUT2D eigenvalue weighted by Crippen LogP contribution is 2.30. The van der Waals surface area contributed by atoms with Gasteiger partial charge in [-0.2, -0.15) is 13.2 Å². The molecule has 0 radical (unpaired) electrons. The molecule has 3 rings (SSSR count). The Morgan fingerprint density at radius 2 is 1.97 bits per heavy atom. The molecule has 0 bridgehead atoms. The molecule has 13 nitrogen and oxygen atoms in total. The van der Waals surface area contributed by atoms with Gasteiger partial charge in [-0.25, -0.2) is 9.59 Å². The van der Waals surface area contributed by atoms with Crippen LogP contribution in [0.15, 0.2) is 51.2 Å². The molecule has 0 amide bonds. The Hall–Kier alpha value is -4.14. The topological polar surface area (TPSA) is 202 Å². The molecule has 2 aromatic rings. The summed E-state index contributed by atoms with van der Waals surface area (Å²) in [7, 11) is 0. The number of aromatic amines is 1. The molecular weight excluding hydrogens is 505 g/mol. The Bertz CT molecular complexity index is 1260. The molecule has 0 saturated carbocycles. The van der Waals surface area contributed by atoms with Crippen molar-refractivity contribution in [2.75, 3.05) is 6.61 Å². The van der Waals surface area contributed by atoms with E-state index in [0.717, 1.165) is 5.56 Å². The van der Waals surface area contributed by atoms with Crippen molar-refractivity contribution in [2.24, 2.45) is 10.8 Å². The number of aromatic nitrogens is 2. The number of alkyl halides is 3. The van der Waals surface area contributed by atoms with Crippen LogP contribution in [0.5, 0.6) is 0 Å². The van der Waals surface area contributed by atoms with E-state index in [1.807, 2.05) is 30.3 Å². The summed E-state index contributed by atoms with van der Waals surface area (Å²) < 4.78 is 44.0. The number of ether oxygens (including phenoxy) is 2. The molecule has 16 heteroatoms. The van der Waals surface area contributed by atoms with Crippen molar-refractivity contribution < 1.29 is 37.3 Å². The highest BCUT2D eigenvalue weighted by molar-refractivity contribution is 5.76. The van der Waals surface area contributed by atoms with E-state index in [1.54, 1.807) is 6.92 Å². The normalized spacial score (nSPS) is 19.6. The van der Waals surface area contributed by atoms with Crippen LogP contribution in [0.25, 0.3) is 10.4 Å². The first-order chi connectivity index (χ1) is 17.3. The summed E-state index contributed by atoms with van der Waals surface area (Å²) in [5.74, 6) is -3.37. The quantitative estimate of drug-likeness (QED) is 0.208. The third-order valence-electron chi connectivity index (χ3n) is 5.09. The van der Waals surface area contributed by atoms with E-state index in [9.17, 15) is 27.6 Å². The van der Waals surface area contributed by atoms with Crippen LogP contribution in [0.3, 0.4) is 0 Å². The van der Waals surface area contributed by atoms with Crippen LogP contribution in [-0.4, -0.2) is 57.6 Å². The number of halogens is 3. The van der Waals surface area contributed by atoms with Crippen molar-refractivity contribution in [3.63, 3.8) is 0 Å². The average molecular weight is 528 g/mol. The molecular formula is C21H23F3N6O7. The van der Waals surface area contributed by atoms with E-state index in [4.69, 9.17) is 30.6 Å². The molecule has 4 N–H and O–H groups in total. The largest absolute Gasteiger partial charge is 0.490 e. The maximum atomic E-state index is 12.3. The van der Waals surface area contributed by atoms with Crippen molar-refractivity contribution in [3.05, 3.63) is 78.9 Å². The van der Waals surface area contributed by atoms with E-state index < -0.39 is 53.8 Å². The first-order valence-electron chi connectivity index (χ1n) is 10.6. The van der Waals surface area contributed by atoms with Crippen molar-refractivity contribution >= 4 is 11.9 Å². The lowest BCUT2D eigenvalue weighted by atomic mass is 10.1. The van der Waals surface area contributed by atoms with Crippen LogP contribution in [0.4, 0.5) is 13.2 Å². The number of benzene rings is 1. The molecule has 37 heavy (non-hydrogen) atoms. The number of nitrogens with two attached hydrogens (primary N) is 1. The number of rotatable bonds is 7. The lowest BCUT2D eigenvalue weighted by Crippen LogP contribution is -2.37. The summed E-state index contributed by atoms with van der Waals surface area (Å²) >= 11 is 0. The summed E-state index contributed by atoms with van der Waals surface area (Å²) in [5.41, 5.74) is 14.9. The SMILES string of the molecule is Cc1cn([C@H]2C[C@H](N=[N+]=[N-])[C@@H](COC(=O)C(N)Cc3ccccc3)O2)c(=O)[nH]c1=O.O=C(O)C(F)(F)F. The number of carbonyl (C=O) groups excluding carboxylic acids is 1. The van der Waals surface area contributed by atoms with Gasteiger partial charge in [0, 0.05) is 23.1 Å². The minimum atomic E-state index is -5.08. The minimum Gasteiger partial charge on any atom is -0.475 e. The number of nitrogens with one attached hydrogen (secondary N) is 1. The maximum absolute atomic E-state index is 12.3. The summed E-state index contributed by atoms with van der Waals surface area (Å²) in [4.78, 5) is 49.8. The number of carboxylic acid groups (broad SMARTS) is 1. The van der Waals surface area contributed by atoms with Crippen LogP contribution in [0, 0.1) is 6.92 Å². The Morgan fingerprint density at radius 3 is 2.54 bits per heavy atom. The zero-order valence-electron chi connectivity index (χ0n) is 19.3. The number of nitrogens with zero attached hydrogens (tertiary/aromatic N) is 4. The Labute approximate surface area is 206 Å². The second-order valence-electron chi connectivity index (χ2n) is 7.84. The number of hydrogen-bond acceptors (Lipinski definition) is 8. The van der Waals surface area contributed by atoms with Gasteiger partial charge in [-0.15, -0.1) is 0 Å². The zero-order chi connectivity index (χ0) is 27.8. The molecule has 1 fully saturated rings. The molecule has 1 aromatic heterocycles. The van der Waals surface area contributed by atoms with Gasteiger partial charge in [0.15, 0.2) is 0 Å². The number of hydrogen-bond donors (Lipinski definition) is 3. The highest BCUT2D eigenvalue weighted by atomic mass is 19.4. The lowest BCUT2D eigenvalue weighted by molar-refractivity contribution is -0.192. The van der Waals surface area contributed by atoms with Gasteiger partial charge in [-0.3, -0.25) is 19.1 Å². The monoisotopic (exact) mass is 528 g/mol. The summed E-state index contributed by atoms with van der Waals surface area (Å²) in [6.07, 6.45) is -4.72. The number of H-pyrrole nitrogens is 1. The van der Waals surface area contributed by atoms with E-state index in [-0.39, 0.29) is 13.0 Å². The van der Waals surface area contributed by atoms with Gasteiger partial charge in [-0.05, 0) is 24.4 Å². The number of esters is 1. The van der Waals surface area contributed by atoms with Crippen LogP contribution < -0.4 is 17.0 Å². The Kier molecular flexibility index (Phi) is 9.99. The third kappa shape index (κ3) is 8.49. The summed E-state index contributed by atoms with van der Waals surface area (Å²) in [5, 5.41) is 10.8. The van der Waals surface area contributed by atoms with E-state index >= 15 is 0 Å². The molecule has 1 unspecified atom stereocenters. The van der Waals surface area contributed by atoms with E-state index in [1.165, 1.54) is 10.8 Å². The van der Waals surface area contributed by atoms with Gasteiger partial charge in [0.2, 0.25) is 0 Å². The van der Waals surface area contributed by atoms with Crippen LogP contribution in [0.2, 0.25) is 0 Å². The first-order valence-corrected chi connectivity index (χ1v) is 10.6. The van der Waals surface area contributed by atoms with E-state index in [0.29, 0.717) is 12.0 Å². The minimum absolute atomic E-state index is 0.182.